The van der Waals surface area contributed by atoms with Crippen LogP contribution in [0, 0.1) is 18.2 Å². The highest BCUT2D eigenvalue weighted by atomic mass is 19.1. The number of carbonyl (C=O) groups is 2. The lowest BCUT2D eigenvalue weighted by Gasteiger charge is -2.41. The van der Waals surface area contributed by atoms with Gasteiger partial charge in [0.15, 0.2) is 5.76 Å². The van der Waals surface area contributed by atoms with Gasteiger partial charge in [0.2, 0.25) is 0 Å². The van der Waals surface area contributed by atoms with Gasteiger partial charge in [0.1, 0.15) is 17.7 Å². The van der Waals surface area contributed by atoms with Gasteiger partial charge in [0, 0.05) is 25.9 Å². The van der Waals surface area contributed by atoms with Crippen LogP contribution in [-0.4, -0.2) is 48.3 Å². The summed E-state index contributed by atoms with van der Waals surface area (Å²) in [4.78, 5) is 33.4. The summed E-state index contributed by atoms with van der Waals surface area (Å²) in [7, 11) is 0. The van der Waals surface area contributed by atoms with Crippen molar-refractivity contribution in [1.82, 2.24) is 4.90 Å². The number of rotatable bonds is 6. The van der Waals surface area contributed by atoms with Gasteiger partial charge in [-0.1, -0.05) is 17.3 Å². The van der Waals surface area contributed by atoms with Crippen molar-refractivity contribution < 1.29 is 28.0 Å². The first-order valence-corrected chi connectivity index (χ1v) is 10.9. The maximum atomic E-state index is 13.2. The molecule has 1 amide bonds. The number of benzene rings is 1. The second kappa shape index (κ2) is 9.14. The molecule has 7 nitrogen and oxygen atoms in total. The minimum Gasteiger partial charge on any atom is -0.466 e. The molecule has 1 fully saturated rings. The molecule has 1 aromatic heterocycles. The van der Waals surface area contributed by atoms with Gasteiger partial charge < -0.3 is 18.9 Å². The molecule has 2 atom stereocenters. The monoisotopic (exact) mass is 442 g/mol. The molecule has 32 heavy (non-hydrogen) atoms. The largest absolute Gasteiger partial charge is 0.466 e. The molecule has 2 unspecified atom stereocenters. The number of halogens is 1. The minimum atomic E-state index is -0.885. The van der Waals surface area contributed by atoms with E-state index in [-0.39, 0.29) is 42.7 Å². The van der Waals surface area contributed by atoms with Crippen LogP contribution in [-0.2, 0) is 14.4 Å². The van der Waals surface area contributed by atoms with Crippen molar-refractivity contribution in [3.63, 3.8) is 0 Å². The standard InChI is InChI=1S/C24H27FN2O5/c1-3-30-23(29)24(11-4-12-27(15-24)22(28)21-10-5-16(2)31-21)14-19-13-20(26-32-19)17-6-8-18(25)9-7-17/h5-10,19H,3-4,11-15H2,1-2H3. The molecule has 2 aromatic rings. The van der Waals surface area contributed by atoms with Crippen molar-refractivity contribution >= 4 is 17.6 Å². The Labute approximate surface area is 186 Å². The van der Waals surface area contributed by atoms with Gasteiger partial charge in [0.05, 0.1) is 17.7 Å². The van der Waals surface area contributed by atoms with Crippen LogP contribution in [0.5, 0.6) is 0 Å². The molecular weight excluding hydrogens is 415 g/mol. The molecule has 0 bridgehead atoms. The zero-order chi connectivity index (χ0) is 22.7. The summed E-state index contributed by atoms with van der Waals surface area (Å²) in [5.41, 5.74) is 0.612. The Bertz CT molecular complexity index is 1020. The van der Waals surface area contributed by atoms with E-state index in [1.807, 2.05) is 0 Å². The van der Waals surface area contributed by atoms with Gasteiger partial charge in [-0.2, -0.15) is 0 Å². The number of oxime groups is 1. The molecule has 1 aromatic carbocycles. The van der Waals surface area contributed by atoms with E-state index in [2.05, 4.69) is 5.16 Å². The second-order valence-electron chi connectivity index (χ2n) is 8.42. The smallest absolute Gasteiger partial charge is 0.314 e. The van der Waals surface area contributed by atoms with Crippen LogP contribution in [0.4, 0.5) is 4.39 Å². The van der Waals surface area contributed by atoms with E-state index < -0.39 is 5.41 Å². The Morgan fingerprint density at radius 3 is 2.72 bits per heavy atom. The maximum absolute atomic E-state index is 13.2. The Kier molecular flexibility index (Phi) is 6.30. The number of aryl methyl sites for hydroxylation is 1. The van der Waals surface area contributed by atoms with Gasteiger partial charge in [-0.05, 0) is 56.5 Å². The number of esters is 1. The minimum absolute atomic E-state index is 0.232. The Balaban J connectivity index is 1.50. The number of likely N-dealkylation sites (tertiary alicyclic amines) is 1. The first-order chi connectivity index (χ1) is 15.4. The van der Waals surface area contributed by atoms with Gasteiger partial charge in [-0.3, -0.25) is 9.59 Å². The quantitative estimate of drug-likeness (QED) is 0.630. The lowest BCUT2D eigenvalue weighted by atomic mass is 9.74. The summed E-state index contributed by atoms with van der Waals surface area (Å²) < 4.78 is 24.2. The van der Waals surface area contributed by atoms with E-state index in [0.29, 0.717) is 43.7 Å². The summed E-state index contributed by atoms with van der Waals surface area (Å²) in [5, 5.41) is 4.17. The first-order valence-electron chi connectivity index (χ1n) is 10.9. The third-order valence-electron chi connectivity index (χ3n) is 6.05. The van der Waals surface area contributed by atoms with Crippen LogP contribution >= 0.6 is 0 Å². The molecule has 0 spiro atoms. The molecular formula is C24H27FN2O5. The van der Waals surface area contributed by atoms with Crippen LogP contribution in [0.25, 0.3) is 0 Å². The number of hydrogen-bond acceptors (Lipinski definition) is 6. The predicted molar refractivity (Wildman–Crippen MR) is 115 cm³/mol. The predicted octanol–water partition coefficient (Wildman–Crippen LogP) is 4.10. The summed E-state index contributed by atoms with van der Waals surface area (Å²) in [6.45, 7) is 4.59. The van der Waals surface area contributed by atoms with Crippen LogP contribution in [0.3, 0.4) is 0 Å². The molecule has 0 saturated carbocycles. The number of hydrogen-bond donors (Lipinski definition) is 0. The highest BCUT2D eigenvalue weighted by Crippen LogP contribution is 2.39. The highest BCUT2D eigenvalue weighted by Gasteiger charge is 2.48. The van der Waals surface area contributed by atoms with Crippen molar-refractivity contribution in [2.75, 3.05) is 19.7 Å². The van der Waals surface area contributed by atoms with Gasteiger partial charge in [-0.15, -0.1) is 0 Å². The fraction of sp³-hybridized carbons (Fsp3) is 0.458. The van der Waals surface area contributed by atoms with Crippen LogP contribution in [0.2, 0.25) is 0 Å². The number of ether oxygens (including phenoxy) is 1. The lowest BCUT2D eigenvalue weighted by molar-refractivity contribution is -0.161. The summed E-state index contributed by atoms with van der Waals surface area (Å²) >= 11 is 0. The van der Waals surface area contributed by atoms with E-state index in [4.69, 9.17) is 14.0 Å². The average Bonchev–Trinajstić information content (AvgIpc) is 3.43. The topological polar surface area (TPSA) is 81.3 Å². The zero-order valence-electron chi connectivity index (χ0n) is 18.3. The van der Waals surface area contributed by atoms with Crippen molar-refractivity contribution in [3.05, 3.63) is 59.3 Å². The second-order valence-corrected chi connectivity index (χ2v) is 8.42. The average molecular weight is 442 g/mol. The molecule has 0 aliphatic carbocycles. The SMILES string of the molecule is CCOC(=O)C1(CC2CC(c3ccc(F)cc3)=NO2)CCCN(C(=O)c2ccc(C)o2)C1. The van der Waals surface area contributed by atoms with E-state index in [0.717, 1.165) is 5.56 Å². The molecule has 1 saturated heterocycles. The van der Waals surface area contributed by atoms with E-state index in [1.54, 1.807) is 43.0 Å². The molecule has 170 valence electrons. The van der Waals surface area contributed by atoms with Gasteiger partial charge in [-0.25, -0.2) is 4.39 Å². The third-order valence-corrected chi connectivity index (χ3v) is 6.05. The molecule has 0 radical (unpaired) electrons. The fourth-order valence-corrected chi connectivity index (χ4v) is 4.50. The van der Waals surface area contributed by atoms with Gasteiger partial charge in [0.25, 0.3) is 5.91 Å². The number of piperidine rings is 1. The maximum Gasteiger partial charge on any atom is 0.314 e. The van der Waals surface area contributed by atoms with Crippen molar-refractivity contribution in [3.8, 4) is 0 Å². The van der Waals surface area contributed by atoms with Crippen molar-refractivity contribution in [1.29, 1.82) is 0 Å². The molecule has 8 heteroatoms. The highest BCUT2D eigenvalue weighted by molar-refractivity contribution is 6.01. The molecule has 0 N–H and O–H groups in total. The first kappa shape index (κ1) is 22.0. The normalized spacial score (nSPS) is 22.9. The van der Waals surface area contributed by atoms with E-state index >= 15 is 0 Å². The molecule has 2 aliphatic heterocycles. The van der Waals surface area contributed by atoms with Crippen LogP contribution < -0.4 is 0 Å². The van der Waals surface area contributed by atoms with Crippen molar-refractivity contribution in [2.24, 2.45) is 10.6 Å². The summed E-state index contributed by atoms with van der Waals surface area (Å²) in [6, 6.07) is 9.48. The number of amides is 1. The lowest BCUT2D eigenvalue weighted by Crippen LogP contribution is -2.51. The fourth-order valence-electron chi connectivity index (χ4n) is 4.50. The molecule has 3 heterocycles. The molecule has 4 rings (SSSR count). The number of carbonyl (C=O) groups excluding carboxylic acids is 2. The summed E-state index contributed by atoms with van der Waals surface area (Å²) in [6.07, 6.45) is 1.81. The Hall–Kier alpha value is -3.16. The number of nitrogens with zero attached hydrogens (tertiary/aromatic N) is 2. The molecule has 2 aliphatic rings. The summed E-state index contributed by atoms with van der Waals surface area (Å²) in [5.74, 6) is 0.0480. The van der Waals surface area contributed by atoms with Crippen LogP contribution in [0.1, 0.15) is 54.5 Å². The number of furan rings is 1. The van der Waals surface area contributed by atoms with E-state index in [9.17, 15) is 14.0 Å². The van der Waals surface area contributed by atoms with Crippen LogP contribution in [0.15, 0.2) is 46.0 Å². The third kappa shape index (κ3) is 4.54. The Morgan fingerprint density at radius 1 is 1.25 bits per heavy atom. The zero-order valence-corrected chi connectivity index (χ0v) is 18.3. The van der Waals surface area contributed by atoms with Crippen molar-refractivity contribution in [2.45, 2.75) is 45.6 Å². The van der Waals surface area contributed by atoms with E-state index in [1.165, 1.54) is 12.1 Å². The Morgan fingerprint density at radius 2 is 2.03 bits per heavy atom. The van der Waals surface area contributed by atoms with Gasteiger partial charge >= 0.3 is 5.97 Å².